The van der Waals surface area contributed by atoms with E-state index in [1.807, 2.05) is 32.1 Å². The number of phenols is 1. The maximum absolute atomic E-state index is 9.72. The number of benzene rings is 1. The fourth-order valence-electron chi connectivity index (χ4n) is 1.01. The second kappa shape index (κ2) is 4.63. The van der Waals surface area contributed by atoms with E-state index in [-0.39, 0.29) is 0 Å². The van der Waals surface area contributed by atoms with Crippen molar-refractivity contribution in [1.82, 2.24) is 0 Å². The summed E-state index contributed by atoms with van der Waals surface area (Å²) in [5.41, 5.74) is 2.09. The van der Waals surface area contributed by atoms with Gasteiger partial charge in [-0.2, -0.15) is 0 Å². The van der Waals surface area contributed by atoms with E-state index in [1.165, 1.54) is 5.57 Å². The summed E-state index contributed by atoms with van der Waals surface area (Å²) in [7, 11) is 0. The van der Waals surface area contributed by atoms with Crippen LogP contribution in [0, 0.1) is 7.14 Å². The number of halogens is 2. The molecule has 0 radical (unpaired) electrons. The minimum atomic E-state index is 0.377. The molecule has 0 fully saturated rings. The fraction of sp³-hybridized carbons (Fsp3) is 0.200. The zero-order chi connectivity index (χ0) is 10.0. The van der Waals surface area contributed by atoms with Gasteiger partial charge < -0.3 is 5.11 Å². The number of hydrogen-bond acceptors (Lipinski definition) is 1. The van der Waals surface area contributed by atoms with Crippen molar-refractivity contribution >= 4 is 51.3 Å². The van der Waals surface area contributed by atoms with Gasteiger partial charge in [-0.15, -0.1) is 0 Å². The van der Waals surface area contributed by atoms with Crippen LogP contribution in [0.15, 0.2) is 17.7 Å². The van der Waals surface area contributed by atoms with Crippen molar-refractivity contribution in [2.45, 2.75) is 13.8 Å². The van der Waals surface area contributed by atoms with Gasteiger partial charge in [0.15, 0.2) is 0 Å². The minimum Gasteiger partial charge on any atom is -0.506 e. The van der Waals surface area contributed by atoms with Crippen molar-refractivity contribution in [3.63, 3.8) is 0 Å². The molecular formula is C10H10I2O. The molecule has 0 saturated carbocycles. The molecule has 0 heterocycles. The Morgan fingerprint density at radius 2 is 1.92 bits per heavy atom. The molecule has 0 spiro atoms. The summed E-state index contributed by atoms with van der Waals surface area (Å²) in [5.74, 6) is 0.377. The standard InChI is InChI=1S/C10H10I2O/c1-6(2)3-7-4-8(11)5-9(12)10(7)13/h3-5,13H,1-2H3. The van der Waals surface area contributed by atoms with Crippen LogP contribution in [0.5, 0.6) is 5.75 Å². The SMILES string of the molecule is CC(C)=Cc1cc(I)cc(I)c1O. The van der Waals surface area contributed by atoms with E-state index in [0.29, 0.717) is 5.75 Å². The zero-order valence-corrected chi connectivity index (χ0v) is 11.8. The second-order valence-electron chi connectivity index (χ2n) is 3.05. The van der Waals surface area contributed by atoms with Crippen LogP contribution in [0.3, 0.4) is 0 Å². The van der Waals surface area contributed by atoms with Gasteiger partial charge in [-0.05, 0) is 71.2 Å². The van der Waals surface area contributed by atoms with Gasteiger partial charge in [0.1, 0.15) is 5.75 Å². The molecule has 0 atom stereocenters. The van der Waals surface area contributed by atoms with E-state index in [0.717, 1.165) is 12.7 Å². The molecule has 1 rings (SSSR count). The summed E-state index contributed by atoms with van der Waals surface area (Å²) in [4.78, 5) is 0. The molecule has 0 unspecified atom stereocenters. The lowest BCUT2D eigenvalue weighted by molar-refractivity contribution is 0.470. The van der Waals surface area contributed by atoms with Crippen molar-refractivity contribution in [2.75, 3.05) is 0 Å². The Labute approximate surface area is 106 Å². The second-order valence-corrected chi connectivity index (χ2v) is 5.45. The third kappa shape index (κ3) is 3.12. The van der Waals surface area contributed by atoms with Crippen LogP contribution in [0.1, 0.15) is 19.4 Å². The van der Waals surface area contributed by atoms with E-state index in [1.54, 1.807) is 0 Å². The molecule has 1 aromatic rings. The quantitative estimate of drug-likeness (QED) is 0.707. The number of allylic oxidation sites excluding steroid dienone is 1. The topological polar surface area (TPSA) is 20.2 Å². The molecule has 1 N–H and O–H groups in total. The monoisotopic (exact) mass is 400 g/mol. The molecular weight excluding hydrogens is 390 g/mol. The smallest absolute Gasteiger partial charge is 0.136 e. The summed E-state index contributed by atoms with van der Waals surface area (Å²) in [6.45, 7) is 4.04. The number of aromatic hydroxyl groups is 1. The van der Waals surface area contributed by atoms with E-state index in [9.17, 15) is 5.11 Å². The van der Waals surface area contributed by atoms with Crippen LogP contribution in [-0.2, 0) is 0 Å². The highest BCUT2D eigenvalue weighted by Gasteiger charge is 2.04. The Balaban J connectivity index is 3.28. The zero-order valence-electron chi connectivity index (χ0n) is 7.44. The predicted molar refractivity (Wildman–Crippen MR) is 72.9 cm³/mol. The Hall–Kier alpha value is 0.220. The largest absolute Gasteiger partial charge is 0.506 e. The van der Waals surface area contributed by atoms with Gasteiger partial charge in [-0.1, -0.05) is 11.6 Å². The van der Waals surface area contributed by atoms with Crippen LogP contribution in [0.25, 0.3) is 6.08 Å². The molecule has 3 heteroatoms. The van der Waals surface area contributed by atoms with Crippen molar-refractivity contribution in [2.24, 2.45) is 0 Å². The molecule has 0 saturated heterocycles. The highest BCUT2D eigenvalue weighted by Crippen LogP contribution is 2.28. The lowest BCUT2D eigenvalue weighted by atomic mass is 10.1. The van der Waals surface area contributed by atoms with Gasteiger partial charge >= 0.3 is 0 Å². The van der Waals surface area contributed by atoms with E-state index in [4.69, 9.17) is 0 Å². The van der Waals surface area contributed by atoms with Gasteiger partial charge in [-0.25, -0.2) is 0 Å². The maximum Gasteiger partial charge on any atom is 0.136 e. The molecule has 13 heavy (non-hydrogen) atoms. The first-order chi connectivity index (χ1) is 6.00. The summed E-state index contributed by atoms with van der Waals surface area (Å²) < 4.78 is 2.05. The first-order valence-electron chi connectivity index (χ1n) is 3.83. The van der Waals surface area contributed by atoms with Gasteiger partial charge in [0.25, 0.3) is 0 Å². The lowest BCUT2D eigenvalue weighted by Crippen LogP contribution is -1.83. The molecule has 0 bridgehead atoms. The van der Waals surface area contributed by atoms with E-state index < -0.39 is 0 Å². The Kier molecular flexibility index (Phi) is 4.03. The van der Waals surface area contributed by atoms with Crippen LogP contribution >= 0.6 is 45.2 Å². The van der Waals surface area contributed by atoms with E-state index in [2.05, 4.69) is 45.2 Å². The van der Waals surface area contributed by atoms with Gasteiger partial charge in [0.05, 0.1) is 3.57 Å². The summed E-state index contributed by atoms with van der Waals surface area (Å²) in [5, 5.41) is 9.72. The predicted octanol–water partition coefficient (Wildman–Crippen LogP) is 4.02. The van der Waals surface area contributed by atoms with Gasteiger partial charge in [0, 0.05) is 9.13 Å². The third-order valence-electron chi connectivity index (χ3n) is 1.50. The summed E-state index contributed by atoms with van der Waals surface area (Å²) >= 11 is 4.39. The van der Waals surface area contributed by atoms with E-state index >= 15 is 0 Å². The minimum absolute atomic E-state index is 0.377. The molecule has 0 aromatic heterocycles. The first kappa shape index (κ1) is 11.3. The third-order valence-corrected chi connectivity index (χ3v) is 2.95. The summed E-state index contributed by atoms with van der Waals surface area (Å²) in [6, 6.07) is 3.93. The highest BCUT2D eigenvalue weighted by atomic mass is 127. The van der Waals surface area contributed by atoms with Crippen LogP contribution in [0.2, 0.25) is 0 Å². The van der Waals surface area contributed by atoms with Gasteiger partial charge in [0.2, 0.25) is 0 Å². The number of phenolic OH excluding ortho intramolecular Hbond substituents is 1. The van der Waals surface area contributed by atoms with Crippen molar-refractivity contribution in [3.8, 4) is 5.75 Å². The Bertz CT molecular complexity index is 352. The average Bonchev–Trinajstić information content (AvgIpc) is 1.98. The molecule has 70 valence electrons. The molecule has 1 aromatic carbocycles. The van der Waals surface area contributed by atoms with Crippen molar-refractivity contribution in [3.05, 3.63) is 30.4 Å². The first-order valence-corrected chi connectivity index (χ1v) is 5.99. The number of hydrogen-bond donors (Lipinski definition) is 1. The highest BCUT2D eigenvalue weighted by molar-refractivity contribution is 14.1. The van der Waals surface area contributed by atoms with Crippen LogP contribution in [0.4, 0.5) is 0 Å². The van der Waals surface area contributed by atoms with Crippen LogP contribution < -0.4 is 0 Å². The molecule has 0 aliphatic rings. The maximum atomic E-state index is 9.72. The fourth-order valence-corrected chi connectivity index (χ4v) is 2.90. The Morgan fingerprint density at radius 1 is 1.31 bits per heavy atom. The molecule has 1 nitrogen and oxygen atoms in total. The lowest BCUT2D eigenvalue weighted by Gasteiger charge is -2.03. The van der Waals surface area contributed by atoms with Gasteiger partial charge in [-0.3, -0.25) is 0 Å². The normalized spacial score (nSPS) is 9.85. The molecule has 0 amide bonds. The molecule has 0 aliphatic heterocycles. The summed E-state index contributed by atoms with van der Waals surface area (Å²) in [6.07, 6.45) is 1.99. The Morgan fingerprint density at radius 3 is 2.46 bits per heavy atom. The van der Waals surface area contributed by atoms with Crippen molar-refractivity contribution in [1.29, 1.82) is 0 Å². The average molecular weight is 400 g/mol. The van der Waals surface area contributed by atoms with Crippen molar-refractivity contribution < 1.29 is 5.11 Å². The van der Waals surface area contributed by atoms with Crippen LogP contribution in [-0.4, -0.2) is 5.11 Å². The molecule has 0 aliphatic carbocycles. The number of rotatable bonds is 1.